The lowest BCUT2D eigenvalue weighted by Gasteiger charge is -2.14. The molecule has 5 nitrogen and oxygen atoms in total. The van der Waals surface area contributed by atoms with E-state index in [9.17, 15) is 21.6 Å². The molecule has 0 aromatic carbocycles. The third-order valence-electron chi connectivity index (χ3n) is 2.96. The van der Waals surface area contributed by atoms with Gasteiger partial charge < -0.3 is 5.32 Å². The summed E-state index contributed by atoms with van der Waals surface area (Å²) in [6.07, 6.45) is -3.05. The molecule has 0 spiro atoms. The number of hydrogen-bond donors (Lipinski definition) is 1. The van der Waals surface area contributed by atoms with Crippen LogP contribution in [0, 0.1) is 0 Å². The van der Waals surface area contributed by atoms with Gasteiger partial charge in [-0.2, -0.15) is 13.2 Å². The average molecular weight is 309 g/mol. The number of alkyl halides is 3. The zero-order valence-corrected chi connectivity index (χ0v) is 11.3. The zero-order valence-electron chi connectivity index (χ0n) is 10.5. The van der Waals surface area contributed by atoms with Crippen LogP contribution < -0.4 is 5.32 Å². The summed E-state index contributed by atoms with van der Waals surface area (Å²) in [7, 11) is -3.14. The van der Waals surface area contributed by atoms with E-state index in [0.717, 1.165) is 12.3 Å². The van der Waals surface area contributed by atoms with Crippen LogP contribution in [0.5, 0.6) is 0 Å². The number of rotatable bonds is 4. The summed E-state index contributed by atoms with van der Waals surface area (Å²) in [6, 6.07) is 2.16. The smallest absolute Gasteiger partial charge is 0.369 e. The monoisotopic (exact) mass is 309 g/mol. The van der Waals surface area contributed by atoms with Crippen molar-refractivity contribution < 1.29 is 21.6 Å². The Bertz CT molecular complexity index is 557. The second-order valence-corrected chi connectivity index (χ2v) is 6.51. The molecular weight excluding hydrogens is 295 g/mol. The zero-order chi connectivity index (χ0) is 14.8. The summed E-state index contributed by atoms with van der Waals surface area (Å²) in [5.41, 5.74) is -0.815. The fraction of sp³-hybridized carbons (Fsp3) is 0.545. The molecule has 2 rings (SSSR count). The largest absolute Gasteiger partial charge is 0.417 e. The number of pyridine rings is 1. The lowest BCUT2D eigenvalue weighted by atomic mass is 10.3. The molecule has 0 saturated carbocycles. The number of hydrogen-bond acceptors (Lipinski definition) is 4. The lowest BCUT2D eigenvalue weighted by Crippen LogP contribution is -2.30. The molecule has 9 heteroatoms. The van der Waals surface area contributed by atoms with Crippen LogP contribution >= 0.6 is 0 Å². The van der Waals surface area contributed by atoms with E-state index in [1.807, 2.05) is 0 Å². The highest BCUT2D eigenvalue weighted by molar-refractivity contribution is 7.89. The van der Waals surface area contributed by atoms with Crippen molar-refractivity contribution in [2.75, 3.05) is 30.7 Å². The summed E-state index contributed by atoms with van der Waals surface area (Å²) in [4.78, 5) is 3.65. The number of nitrogens with zero attached hydrogens (tertiary/aromatic N) is 2. The third kappa shape index (κ3) is 3.60. The van der Waals surface area contributed by atoms with E-state index in [0.29, 0.717) is 19.5 Å². The van der Waals surface area contributed by atoms with Crippen LogP contribution in [0.2, 0.25) is 0 Å². The minimum atomic E-state index is -4.41. The minimum absolute atomic E-state index is 0.158. The van der Waals surface area contributed by atoms with Crippen molar-refractivity contribution in [1.29, 1.82) is 0 Å². The lowest BCUT2D eigenvalue weighted by molar-refractivity contribution is -0.137. The Morgan fingerprint density at radius 3 is 2.60 bits per heavy atom. The summed E-state index contributed by atoms with van der Waals surface area (Å²) < 4.78 is 61.4. The van der Waals surface area contributed by atoms with Gasteiger partial charge in [0.2, 0.25) is 10.0 Å². The molecular formula is C11H14F3N3O2S. The van der Waals surface area contributed by atoms with Crippen molar-refractivity contribution in [3.05, 3.63) is 23.9 Å². The van der Waals surface area contributed by atoms with Crippen molar-refractivity contribution >= 4 is 15.8 Å². The molecule has 1 aromatic rings. The van der Waals surface area contributed by atoms with Crippen LogP contribution in [0.3, 0.4) is 0 Å². The van der Waals surface area contributed by atoms with E-state index < -0.39 is 21.8 Å². The van der Waals surface area contributed by atoms with Gasteiger partial charge in [-0.25, -0.2) is 17.7 Å². The minimum Gasteiger partial charge on any atom is -0.369 e. The van der Waals surface area contributed by atoms with Crippen LogP contribution in [0.1, 0.15) is 12.0 Å². The van der Waals surface area contributed by atoms with Gasteiger partial charge in [0, 0.05) is 25.8 Å². The standard InChI is InChI=1S/C11H14F3N3O2S/c12-11(13,14)9-2-3-10(16-8-9)15-4-6-17-5-1-7-20(17,18)19/h2-3,8H,1,4-7H2,(H,15,16). The second-order valence-electron chi connectivity index (χ2n) is 4.43. The molecule has 2 heterocycles. The first-order chi connectivity index (χ1) is 9.29. The molecule has 0 atom stereocenters. The van der Waals surface area contributed by atoms with Crippen molar-refractivity contribution in [2.45, 2.75) is 12.6 Å². The maximum absolute atomic E-state index is 12.3. The Labute approximate surface area is 114 Å². The molecule has 1 aromatic heterocycles. The van der Waals surface area contributed by atoms with Gasteiger partial charge in [0.05, 0.1) is 11.3 Å². The van der Waals surface area contributed by atoms with Crippen LogP contribution in [0.4, 0.5) is 19.0 Å². The first-order valence-corrected chi connectivity index (χ1v) is 7.65. The normalized spacial score (nSPS) is 19.1. The van der Waals surface area contributed by atoms with Gasteiger partial charge in [0.1, 0.15) is 5.82 Å². The number of aromatic nitrogens is 1. The molecule has 20 heavy (non-hydrogen) atoms. The Balaban J connectivity index is 1.86. The number of nitrogens with one attached hydrogen (secondary N) is 1. The van der Waals surface area contributed by atoms with E-state index in [4.69, 9.17) is 0 Å². The Morgan fingerprint density at radius 2 is 2.10 bits per heavy atom. The number of halogens is 3. The third-order valence-corrected chi connectivity index (χ3v) is 4.92. The summed E-state index contributed by atoms with van der Waals surface area (Å²) in [6.45, 7) is 1.08. The summed E-state index contributed by atoms with van der Waals surface area (Å²) >= 11 is 0. The maximum Gasteiger partial charge on any atom is 0.417 e. The van der Waals surface area contributed by atoms with Crippen molar-refractivity contribution in [3.63, 3.8) is 0 Å². The molecule has 1 aliphatic rings. The summed E-state index contributed by atoms with van der Waals surface area (Å²) in [5.74, 6) is 0.445. The van der Waals surface area contributed by atoms with Gasteiger partial charge in [-0.1, -0.05) is 0 Å². The van der Waals surface area contributed by atoms with Crippen LogP contribution in [0.25, 0.3) is 0 Å². The van der Waals surface area contributed by atoms with E-state index in [1.54, 1.807) is 0 Å². The van der Waals surface area contributed by atoms with Gasteiger partial charge in [-0.05, 0) is 18.6 Å². The maximum atomic E-state index is 12.3. The summed E-state index contributed by atoms with van der Waals surface area (Å²) in [5, 5.41) is 2.80. The fourth-order valence-corrected chi connectivity index (χ4v) is 3.45. The molecule has 0 amide bonds. The second kappa shape index (κ2) is 5.57. The van der Waals surface area contributed by atoms with E-state index in [1.165, 1.54) is 10.4 Å². The number of anilines is 1. The molecule has 1 N–H and O–H groups in total. The molecule has 1 fully saturated rings. The first kappa shape index (κ1) is 15.0. The van der Waals surface area contributed by atoms with Gasteiger partial charge in [0.25, 0.3) is 0 Å². The highest BCUT2D eigenvalue weighted by Gasteiger charge is 2.30. The van der Waals surface area contributed by atoms with Gasteiger partial charge >= 0.3 is 6.18 Å². The van der Waals surface area contributed by atoms with Gasteiger partial charge in [-0.15, -0.1) is 0 Å². The molecule has 0 bridgehead atoms. The van der Waals surface area contributed by atoms with Crippen molar-refractivity contribution in [2.24, 2.45) is 0 Å². The number of sulfonamides is 1. The molecule has 0 radical (unpaired) electrons. The SMILES string of the molecule is O=S1(=O)CCCN1CCNc1ccc(C(F)(F)F)cn1. The predicted molar refractivity (Wildman–Crippen MR) is 67.7 cm³/mol. The van der Waals surface area contributed by atoms with Gasteiger partial charge in [0.15, 0.2) is 0 Å². The van der Waals surface area contributed by atoms with Crippen molar-refractivity contribution in [1.82, 2.24) is 9.29 Å². The van der Waals surface area contributed by atoms with Crippen LogP contribution in [0.15, 0.2) is 18.3 Å². The Hall–Kier alpha value is -1.35. The highest BCUT2D eigenvalue weighted by atomic mass is 32.2. The Kier molecular flexibility index (Phi) is 4.19. The Morgan fingerprint density at radius 1 is 1.35 bits per heavy atom. The van der Waals surface area contributed by atoms with Crippen LogP contribution in [-0.4, -0.2) is 43.1 Å². The molecule has 1 saturated heterocycles. The van der Waals surface area contributed by atoms with E-state index in [2.05, 4.69) is 10.3 Å². The average Bonchev–Trinajstić information content (AvgIpc) is 2.68. The van der Waals surface area contributed by atoms with Crippen LogP contribution in [-0.2, 0) is 16.2 Å². The highest BCUT2D eigenvalue weighted by Crippen LogP contribution is 2.28. The first-order valence-electron chi connectivity index (χ1n) is 6.04. The fourth-order valence-electron chi connectivity index (χ4n) is 1.92. The molecule has 112 valence electrons. The molecule has 0 aliphatic carbocycles. The van der Waals surface area contributed by atoms with E-state index in [-0.39, 0.29) is 18.1 Å². The van der Waals surface area contributed by atoms with Crippen molar-refractivity contribution in [3.8, 4) is 0 Å². The quantitative estimate of drug-likeness (QED) is 0.916. The predicted octanol–water partition coefficient (Wildman–Crippen LogP) is 1.55. The van der Waals surface area contributed by atoms with E-state index >= 15 is 0 Å². The molecule has 0 unspecified atom stereocenters. The molecule has 1 aliphatic heterocycles. The van der Waals surface area contributed by atoms with Gasteiger partial charge in [-0.3, -0.25) is 0 Å². The topological polar surface area (TPSA) is 62.3 Å².